The van der Waals surface area contributed by atoms with Crippen LogP contribution in [-0.2, 0) is 60.0 Å². The number of hydrogen-bond acceptors (Lipinski definition) is 14. The van der Waals surface area contributed by atoms with E-state index in [1.807, 2.05) is 0 Å². The Morgan fingerprint density at radius 3 is 0.723 bits per heavy atom. The van der Waals surface area contributed by atoms with Crippen LogP contribution < -0.4 is 9.97 Å². The maximum absolute atomic E-state index is 12.6. The maximum Gasteiger partial charge on any atom is 2.00 e. The molecule has 2 aliphatic heterocycles. The van der Waals surface area contributed by atoms with Crippen molar-refractivity contribution in [1.29, 1.82) is 0 Å². The zero-order chi connectivity index (χ0) is 46.2. The first kappa shape index (κ1) is 46.0. The molecule has 0 unspecified atom stereocenters. The van der Waals surface area contributed by atoms with E-state index in [2.05, 4.69) is 0 Å². The molecule has 4 N–H and O–H groups in total. The van der Waals surface area contributed by atoms with Crippen LogP contribution in [0.2, 0.25) is 0 Å². The number of fused-ring (bicyclic) bond motifs is 18. The molecule has 330 valence electrons. The molecule has 0 aromatic carbocycles. The minimum atomic E-state index is -4.74. The maximum atomic E-state index is 12.6. The molecule has 4 aliphatic carbocycles. The van der Waals surface area contributed by atoms with Gasteiger partial charge in [0.2, 0.25) is 0 Å². The van der Waals surface area contributed by atoms with Crippen molar-refractivity contribution in [2.75, 3.05) is 0 Å². The Kier molecular flexibility index (Phi) is 10.5. The molecule has 0 radical (unpaired) electrons. The van der Waals surface area contributed by atoms with Gasteiger partial charge in [-0.05, 0) is 49.9 Å². The van der Waals surface area contributed by atoms with Gasteiger partial charge in [-0.15, -0.1) is 0 Å². The summed E-state index contributed by atoms with van der Waals surface area (Å²) in [6.07, 6.45) is 20.6. The predicted octanol–water partition coefficient (Wildman–Crippen LogP) is 3.89. The Labute approximate surface area is 383 Å². The summed E-state index contributed by atoms with van der Waals surface area (Å²) >= 11 is 0. The molecule has 0 fully saturated rings. The van der Waals surface area contributed by atoms with Crippen molar-refractivity contribution >= 4 is 110 Å². The Balaban J connectivity index is 0.00000576. The molecule has 65 heavy (non-hydrogen) atoms. The zero-order valence-corrected chi connectivity index (χ0v) is 40.4. The van der Waals surface area contributed by atoms with Gasteiger partial charge in [-0.2, -0.15) is 33.7 Å². The molecule has 0 atom stereocenters. The second-order valence-electron chi connectivity index (χ2n) is 16.1. The van der Waals surface area contributed by atoms with E-state index < -0.39 is 59.5 Å². The number of nitrogens with zero attached hydrogens (tertiary/aromatic N) is 8. The molecule has 20 nitrogen and oxygen atoms in total. The van der Waals surface area contributed by atoms with Gasteiger partial charge in [-0.3, -0.25) is 18.2 Å². The van der Waals surface area contributed by atoms with Crippen molar-refractivity contribution in [3.05, 3.63) is 118 Å². The van der Waals surface area contributed by atoms with Crippen LogP contribution in [0.25, 0.3) is 69.2 Å². The van der Waals surface area contributed by atoms with Crippen LogP contribution in [0.5, 0.6) is 0 Å². The third kappa shape index (κ3) is 7.43. The normalized spacial score (nSPS) is 25.8. The Morgan fingerprint density at radius 2 is 0.538 bits per heavy atom. The van der Waals surface area contributed by atoms with Crippen LogP contribution in [-0.4, -0.2) is 101 Å². The predicted molar refractivity (Wildman–Crippen MR) is 236 cm³/mol. The summed E-state index contributed by atoms with van der Waals surface area (Å²) in [5.74, 6) is -0.372. The molecule has 0 spiro atoms. The van der Waals surface area contributed by atoms with Gasteiger partial charge in [-0.25, -0.2) is 9.97 Å². The fourth-order valence-corrected chi connectivity index (χ4v) is 9.06. The van der Waals surface area contributed by atoms with Crippen LogP contribution in [0.3, 0.4) is 0 Å². The van der Waals surface area contributed by atoms with Gasteiger partial charge in [0.25, 0.3) is 40.5 Å². The van der Waals surface area contributed by atoms with Crippen LogP contribution in [0, 0.1) is 0 Å². The zero-order valence-electron chi connectivity index (χ0n) is 34.2. The van der Waals surface area contributed by atoms with E-state index in [4.69, 9.17) is 39.9 Å². The molecule has 8 bridgehead atoms. The second kappa shape index (κ2) is 14.8. The minimum absolute atomic E-state index is 0. The summed E-state index contributed by atoms with van der Waals surface area (Å²) in [6.45, 7) is 5.02. The van der Waals surface area contributed by atoms with Gasteiger partial charge in [0.15, 0.2) is 0 Å². The first-order valence-electron chi connectivity index (χ1n) is 18.7. The molecular weight excluding hydrogens is 978 g/mol. The molecule has 0 saturated heterocycles. The van der Waals surface area contributed by atoms with E-state index in [0.717, 1.165) is 0 Å². The number of allylic oxidation sites excluding steroid dienone is 8. The Bertz CT molecular complexity index is 3290. The average molecular weight is 1010 g/mol. The summed E-state index contributed by atoms with van der Waals surface area (Å²) in [6, 6.07) is 0. The average Bonchev–Trinajstić information content (AvgIpc) is 3.68. The Hall–Kier alpha value is -5.50. The van der Waals surface area contributed by atoms with Gasteiger partial charge >= 0.3 is 19.5 Å². The topological polar surface area (TPSA) is 323 Å². The minimum Gasteiger partial charge on any atom is -0.357 e. The Morgan fingerprint density at radius 1 is 0.354 bits per heavy atom. The summed E-state index contributed by atoms with van der Waals surface area (Å²) in [5, 5.41) is 0. The van der Waals surface area contributed by atoms with Crippen molar-refractivity contribution < 1.29 is 71.4 Å². The van der Waals surface area contributed by atoms with E-state index in [-0.39, 0.29) is 110 Å². The molecule has 6 aliphatic rings. The van der Waals surface area contributed by atoms with E-state index >= 15 is 0 Å². The fourth-order valence-electron chi connectivity index (χ4n) is 7.14. The summed E-state index contributed by atoms with van der Waals surface area (Å²) in [5.41, 5.74) is 1.19. The van der Waals surface area contributed by atoms with Crippen molar-refractivity contribution in [3.63, 3.8) is 0 Å². The number of hydrogen-bond donors (Lipinski definition) is 4. The van der Waals surface area contributed by atoms with Gasteiger partial charge in [0.05, 0.1) is 23.3 Å². The quantitative estimate of drug-likeness (QED) is 0.213. The first-order chi connectivity index (χ1) is 29.6. The van der Waals surface area contributed by atoms with E-state index in [1.54, 1.807) is 0 Å². The van der Waals surface area contributed by atoms with Crippen molar-refractivity contribution in [2.24, 2.45) is 0 Å². The van der Waals surface area contributed by atoms with Gasteiger partial charge in [0.1, 0.15) is 19.0 Å². The van der Waals surface area contributed by atoms with Gasteiger partial charge in [-0.1, -0.05) is 97.2 Å². The number of rotatable bonds is 4. The van der Waals surface area contributed by atoms with E-state index in [9.17, 15) is 51.9 Å². The summed E-state index contributed by atoms with van der Waals surface area (Å²) < 4.78 is 134. The van der Waals surface area contributed by atoms with E-state index in [1.165, 1.54) is 125 Å². The van der Waals surface area contributed by atoms with Gasteiger partial charge < -0.3 is 29.9 Å². The molecule has 0 saturated carbocycles. The first-order valence-corrected chi connectivity index (χ1v) is 24.5. The molecule has 5 heterocycles. The molecule has 3 aromatic heterocycles. The molecular formula is C40H32N8O12S4Zn. The van der Waals surface area contributed by atoms with Crippen molar-refractivity contribution in [3.8, 4) is 0 Å². The van der Waals surface area contributed by atoms with Crippen LogP contribution >= 0.6 is 0 Å². The molecule has 3 aromatic rings. The summed E-state index contributed by atoms with van der Waals surface area (Å²) in [4.78, 5) is 37.8. The third-order valence-corrected chi connectivity index (χ3v) is 17.2. The third-order valence-electron chi connectivity index (χ3n) is 11.7. The standard InChI is InChI=1S/C40H32N8O12S4.Zn/c1-37(61(49,50)51)13-5-21-22(6-14-37)30-41-29(21)45-31-23-7-15-38(2,62(52,53)54)17-9-25(23)33(42-31)47-35-27-11-19-40(4,64(58,59)60)20-12-28(27)36(44-35)48-34-26-10-18-39(3,63(55,56)57)16-8-24(26)32(43-34)46-30;/h5-20H,1-4H3,(H4-2,41,42,43,44,45,46,47,48,49,50,51,52,53,54,55,56,57,58,59,60);/q-2;+2. The number of aromatic nitrogens is 8. The molecule has 25 heteroatoms. The fraction of sp³-hybridized carbons (Fsp3) is 0.200. The van der Waals surface area contributed by atoms with Crippen molar-refractivity contribution in [1.82, 2.24) is 39.9 Å². The summed E-state index contributed by atoms with van der Waals surface area (Å²) in [7, 11) is -19.0. The molecule has 9 rings (SSSR count). The van der Waals surface area contributed by atoms with Crippen LogP contribution in [0.1, 0.15) is 73.2 Å². The smallest absolute Gasteiger partial charge is 0.357 e. The monoisotopic (exact) mass is 1010 g/mol. The second-order valence-corrected chi connectivity index (χ2v) is 23.4. The largest absolute Gasteiger partial charge is 2.00 e. The van der Waals surface area contributed by atoms with Gasteiger partial charge in [0, 0.05) is 44.9 Å². The van der Waals surface area contributed by atoms with Crippen molar-refractivity contribution in [2.45, 2.75) is 46.7 Å². The van der Waals surface area contributed by atoms with Crippen LogP contribution in [0.15, 0.2) is 72.9 Å². The van der Waals surface area contributed by atoms with E-state index in [0.29, 0.717) is 0 Å². The van der Waals surface area contributed by atoms with Crippen LogP contribution in [0.4, 0.5) is 0 Å². The molecule has 0 amide bonds. The SMILES string of the molecule is CC1(S(=O)(=O)O)C=CC2=C(C=C1)c1nc2nc2[n-]c(nc3nc(nc4[n-]c(n1)c1c4C=CC(C)(S(=O)(=O)O)C=C1)C1=C3C=CC(C)(S(=O)(=O)O)C=C1)c1c2C=CC(C)(S(=O)(=O)O)C=C1.[Zn+2].